The van der Waals surface area contributed by atoms with Crippen LogP contribution in [0.4, 0.5) is 0 Å². The molecule has 4 heteroatoms. The molecule has 0 aliphatic carbocycles. The van der Waals surface area contributed by atoms with Gasteiger partial charge >= 0.3 is 0 Å². The largest absolute Gasteiger partial charge is 0.411 e. The maximum Gasteiger partial charge on any atom is 0.167 e. The Morgan fingerprint density at radius 3 is 2.81 bits per heavy atom. The Kier molecular flexibility index (Phi) is 3.31. The van der Waals surface area contributed by atoms with Crippen molar-refractivity contribution in [2.24, 2.45) is 5.16 Å². The van der Waals surface area contributed by atoms with Crippen LogP contribution < -0.4 is 0 Å². The summed E-state index contributed by atoms with van der Waals surface area (Å²) >= 11 is 1.42. The highest BCUT2D eigenvalue weighted by Gasteiger charge is 1.95. The zero-order chi connectivity index (χ0) is 11.2. The molecule has 0 fully saturated rings. The lowest BCUT2D eigenvalue weighted by Crippen LogP contribution is -1.80. The quantitative estimate of drug-likeness (QED) is 0.352. The van der Waals surface area contributed by atoms with E-state index >= 15 is 0 Å². The average molecular weight is 228 g/mol. The normalized spacial score (nSPS) is 10.0. The van der Waals surface area contributed by atoms with E-state index in [0.717, 1.165) is 5.56 Å². The maximum atomic E-state index is 8.33. The van der Waals surface area contributed by atoms with Crippen LogP contribution in [0, 0.1) is 11.8 Å². The molecule has 0 spiro atoms. The monoisotopic (exact) mass is 228 g/mol. The molecule has 1 aromatic heterocycles. The first-order valence-corrected chi connectivity index (χ1v) is 5.46. The van der Waals surface area contributed by atoms with Crippen LogP contribution in [-0.2, 0) is 0 Å². The van der Waals surface area contributed by atoms with Crippen LogP contribution in [0.2, 0.25) is 0 Å². The molecule has 0 atom stereocenters. The van der Waals surface area contributed by atoms with E-state index in [4.69, 9.17) is 5.21 Å². The lowest BCUT2D eigenvalue weighted by Gasteiger charge is -1.85. The minimum absolute atomic E-state index is 0.616. The molecule has 0 saturated heterocycles. The molecule has 2 rings (SSSR count). The van der Waals surface area contributed by atoms with Gasteiger partial charge in [0.15, 0.2) is 5.01 Å². The Balaban J connectivity index is 2.18. The molecule has 0 bridgehead atoms. The fraction of sp³-hybridized carbons (Fsp3) is 0. The average Bonchev–Trinajstić information content (AvgIpc) is 2.76. The van der Waals surface area contributed by atoms with Gasteiger partial charge in [0.1, 0.15) is 0 Å². The molecular weight excluding hydrogens is 220 g/mol. The van der Waals surface area contributed by atoms with Crippen molar-refractivity contribution in [3.63, 3.8) is 0 Å². The van der Waals surface area contributed by atoms with Gasteiger partial charge in [-0.25, -0.2) is 4.98 Å². The molecule has 1 aromatic carbocycles. The van der Waals surface area contributed by atoms with Gasteiger partial charge in [-0.2, -0.15) is 0 Å². The molecule has 1 heterocycles. The molecule has 0 amide bonds. The Hall–Kier alpha value is -2.12. The van der Waals surface area contributed by atoms with Crippen molar-refractivity contribution in [2.45, 2.75) is 0 Å². The summed E-state index contributed by atoms with van der Waals surface area (Å²) in [6, 6.07) is 9.71. The molecule has 78 valence electrons. The summed E-state index contributed by atoms with van der Waals surface area (Å²) in [5.41, 5.74) is 1.57. The molecular formula is C12H8N2OS. The Morgan fingerprint density at radius 1 is 1.25 bits per heavy atom. The Morgan fingerprint density at radius 2 is 2.06 bits per heavy atom. The summed E-state index contributed by atoms with van der Waals surface area (Å²) in [6.07, 6.45) is 1.28. The van der Waals surface area contributed by atoms with Gasteiger partial charge in [-0.1, -0.05) is 29.3 Å². The molecule has 16 heavy (non-hydrogen) atoms. The zero-order valence-electron chi connectivity index (χ0n) is 8.29. The first-order valence-electron chi connectivity index (χ1n) is 4.58. The van der Waals surface area contributed by atoms with Crippen LogP contribution >= 0.6 is 11.3 Å². The number of thiazole rings is 1. The number of benzene rings is 1. The lowest BCUT2D eigenvalue weighted by molar-refractivity contribution is 0.321. The highest BCUT2D eigenvalue weighted by atomic mass is 32.1. The van der Waals surface area contributed by atoms with Crippen molar-refractivity contribution in [3.8, 4) is 11.8 Å². The predicted octanol–water partition coefficient (Wildman–Crippen LogP) is 2.35. The van der Waals surface area contributed by atoms with Gasteiger partial charge < -0.3 is 5.21 Å². The van der Waals surface area contributed by atoms with Gasteiger partial charge in [0.25, 0.3) is 0 Å². The Labute approximate surface area is 97.1 Å². The fourth-order valence-corrected chi connectivity index (χ4v) is 1.72. The first kappa shape index (κ1) is 10.4. The van der Waals surface area contributed by atoms with E-state index in [1.54, 1.807) is 5.38 Å². The summed E-state index contributed by atoms with van der Waals surface area (Å²) in [5.74, 6) is 5.96. The molecule has 0 aliphatic rings. The SMILES string of the molecule is O/N=C\c1csc(C#Cc2ccccc2)n1. The third kappa shape index (κ3) is 2.69. The number of hydrogen-bond acceptors (Lipinski definition) is 4. The molecule has 0 saturated carbocycles. The van der Waals surface area contributed by atoms with Gasteiger partial charge in [-0.3, -0.25) is 0 Å². The second-order valence-electron chi connectivity index (χ2n) is 2.94. The second-order valence-corrected chi connectivity index (χ2v) is 3.80. The molecule has 2 aromatic rings. The van der Waals surface area contributed by atoms with Crippen molar-refractivity contribution in [3.05, 3.63) is 52.0 Å². The van der Waals surface area contributed by atoms with E-state index < -0.39 is 0 Å². The molecule has 0 unspecified atom stereocenters. The smallest absolute Gasteiger partial charge is 0.167 e. The lowest BCUT2D eigenvalue weighted by atomic mass is 10.2. The highest BCUT2D eigenvalue weighted by Crippen LogP contribution is 2.06. The topological polar surface area (TPSA) is 45.5 Å². The minimum Gasteiger partial charge on any atom is -0.411 e. The fourth-order valence-electron chi connectivity index (χ4n) is 1.11. The standard InChI is InChI=1S/C12H8N2OS/c15-13-8-11-9-16-12(14-11)7-6-10-4-2-1-3-5-10/h1-5,8-9,15H/b13-8-. The van der Waals surface area contributed by atoms with Gasteiger partial charge in [0.05, 0.1) is 11.9 Å². The van der Waals surface area contributed by atoms with Crippen LogP contribution in [0.5, 0.6) is 0 Å². The van der Waals surface area contributed by atoms with Crippen molar-refractivity contribution < 1.29 is 5.21 Å². The van der Waals surface area contributed by atoms with Gasteiger partial charge in [0, 0.05) is 10.9 Å². The van der Waals surface area contributed by atoms with Crippen LogP contribution in [0.15, 0.2) is 40.9 Å². The number of hydrogen-bond donors (Lipinski definition) is 1. The van der Waals surface area contributed by atoms with E-state index in [1.165, 1.54) is 17.6 Å². The molecule has 0 aliphatic heterocycles. The number of rotatable bonds is 1. The van der Waals surface area contributed by atoms with Crippen molar-refractivity contribution in [1.82, 2.24) is 4.98 Å². The van der Waals surface area contributed by atoms with E-state index in [9.17, 15) is 0 Å². The highest BCUT2D eigenvalue weighted by molar-refractivity contribution is 7.10. The van der Waals surface area contributed by atoms with Gasteiger partial charge in [0.2, 0.25) is 0 Å². The van der Waals surface area contributed by atoms with E-state index in [2.05, 4.69) is 22.0 Å². The van der Waals surface area contributed by atoms with Gasteiger partial charge in [-0.15, -0.1) is 11.3 Å². The molecule has 3 nitrogen and oxygen atoms in total. The van der Waals surface area contributed by atoms with E-state index in [-0.39, 0.29) is 0 Å². The van der Waals surface area contributed by atoms with Crippen LogP contribution in [0.3, 0.4) is 0 Å². The second kappa shape index (κ2) is 5.10. The predicted molar refractivity (Wildman–Crippen MR) is 63.9 cm³/mol. The number of aromatic nitrogens is 1. The zero-order valence-corrected chi connectivity index (χ0v) is 9.11. The summed E-state index contributed by atoms with van der Waals surface area (Å²) in [6.45, 7) is 0. The van der Waals surface area contributed by atoms with E-state index in [0.29, 0.717) is 10.7 Å². The molecule has 0 radical (unpaired) electrons. The third-order valence-corrected chi connectivity index (χ3v) is 2.58. The minimum atomic E-state index is 0.616. The van der Waals surface area contributed by atoms with Crippen LogP contribution in [0.25, 0.3) is 0 Å². The third-order valence-electron chi connectivity index (χ3n) is 1.80. The molecule has 1 N–H and O–H groups in total. The number of nitrogens with zero attached hydrogens (tertiary/aromatic N) is 2. The van der Waals surface area contributed by atoms with E-state index in [1.807, 2.05) is 30.3 Å². The van der Waals surface area contributed by atoms with Gasteiger partial charge in [-0.05, 0) is 18.1 Å². The maximum absolute atomic E-state index is 8.33. The van der Waals surface area contributed by atoms with Crippen molar-refractivity contribution >= 4 is 17.6 Å². The van der Waals surface area contributed by atoms with Crippen molar-refractivity contribution in [1.29, 1.82) is 0 Å². The summed E-state index contributed by atoms with van der Waals surface area (Å²) in [4.78, 5) is 4.15. The van der Waals surface area contributed by atoms with Crippen LogP contribution in [-0.4, -0.2) is 16.4 Å². The summed E-state index contributed by atoms with van der Waals surface area (Å²) < 4.78 is 0. The first-order chi connectivity index (χ1) is 7.88. The Bertz CT molecular complexity index is 549. The summed E-state index contributed by atoms with van der Waals surface area (Å²) in [5, 5.41) is 13.7. The van der Waals surface area contributed by atoms with Crippen molar-refractivity contribution in [2.75, 3.05) is 0 Å². The number of oxime groups is 1. The summed E-state index contributed by atoms with van der Waals surface area (Å²) in [7, 11) is 0. The van der Waals surface area contributed by atoms with Crippen LogP contribution in [0.1, 0.15) is 16.3 Å².